The van der Waals surface area contributed by atoms with Gasteiger partial charge in [0.05, 0.1) is 11.6 Å². The topological polar surface area (TPSA) is 66.4 Å². The van der Waals surface area contributed by atoms with Crippen molar-refractivity contribution in [3.63, 3.8) is 0 Å². The van der Waals surface area contributed by atoms with Crippen molar-refractivity contribution in [2.24, 2.45) is 11.8 Å². The van der Waals surface area contributed by atoms with Crippen molar-refractivity contribution in [2.45, 2.75) is 43.2 Å². The second-order valence-corrected chi connectivity index (χ2v) is 7.83. The Morgan fingerprint density at radius 3 is 2.35 bits per heavy atom. The third-order valence-electron chi connectivity index (χ3n) is 4.02. The van der Waals surface area contributed by atoms with E-state index in [1.54, 1.807) is 6.07 Å². The summed E-state index contributed by atoms with van der Waals surface area (Å²) in [5.74, 6) is 0.967. The van der Waals surface area contributed by atoms with E-state index in [2.05, 4.69) is 4.72 Å². The molecule has 0 bridgehead atoms. The summed E-state index contributed by atoms with van der Waals surface area (Å²) < 4.78 is 27.9. The zero-order chi connectivity index (χ0) is 14.3. The van der Waals surface area contributed by atoms with Gasteiger partial charge in [-0.15, -0.1) is 0 Å². The highest BCUT2D eigenvalue weighted by Gasteiger charge is 2.43. The SMILES string of the molecule is O=S(=O)(NC(C1CC1)C1CC1)c1cc(CO)ccc1Cl. The van der Waals surface area contributed by atoms with Crippen LogP contribution in [0.2, 0.25) is 5.02 Å². The molecule has 3 rings (SSSR count). The van der Waals surface area contributed by atoms with Gasteiger partial charge in [-0.3, -0.25) is 0 Å². The first-order valence-corrected chi connectivity index (χ1v) is 8.79. The van der Waals surface area contributed by atoms with Crippen LogP contribution >= 0.6 is 11.6 Å². The van der Waals surface area contributed by atoms with Crippen molar-refractivity contribution >= 4 is 21.6 Å². The minimum absolute atomic E-state index is 0.0499. The first-order valence-electron chi connectivity index (χ1n) is 6.93. The molecule has 6 heteroatoms. The predicted octanol–water partition coefficient (Wildman–Crippen LogP) is 2.30. The maximum absolute atomic E-state index is 12.5. The Kier molecular flexibility index (Phi) is 3.79. The third kappa shape index (κ3) is 3.01. The maximum atomic E-state index is 12.5. The lowest BCUT2D eigenvalue weighted by molar-refractivity contribution is 0.281. The summed E-state index contributed by atoms with van der Waals surface area (Å²) in [6, 6.07) is 4.64. The highest BCUT2D eigenvalue weighted by Crippen LogP contribution is 2.45. The molecular weight excluding hydrogens is 298 g/mol. The lowest BCUT2D eigenvalue weighted by atomic mass is 10.1. The van der Waals surface area contributed by atoms with Gasteiger partial charge in [0.25, 0.3) is 0 Å². The van der Waals surface area contributed by atoms with E-state index in [1.807, 2.05) is 0 Å². The van der Waals surface area contributed by atoms with Crippen molar-refractivity contribution in [3.05, 3.63) is 28.8 Å². The normalized spacial score (nSPS) is 19.6. The summed E-state index contributed by atoms with van der Waals surface area (Å²) >= 11 is 6.01. The number of aliphatic hydroxyl groups is 1. The largest absolute Gasteiger partial charge is 0.392 e. The molecule has 0 aromatic heterocycles. The molecule has 2 N–H and O–H groups in total. The smallest absolute Gasteiger partial charge is 0.242 e. The van der Waals surface area contributed by atoms with Crippen molar-refractivity contribution in [3.8, 4) is 0 Å². The number of rotatable bonds is 6. The zero-order valence-electron chi connectivity index (χ0n) is 11.0. The molecule has 1 aromatic rings. The molecule has 0 radical (unpaired) electrons. The van der Waals surface area contributed by atoms with Crippen LogP contribution in [0.4, 0.5) is 0 Å². The van der Waals surface area contributed by atoms with E-state index in [0.29, 0.717) is 17.4 Å². The molecule has 2 saturated carbocycles. The van der Waals surface area contributed by atoms with Crippen LogP contribution in [0.3, 0.4) is 0 Å². The van der Waals surface area contributed by atoms with Gasteiger partial charge in [-0.1, -0.05) is 17.7 Å². The Labute approximate surface area is 124 Å². The van der Waals surface area contributed by atoms with Gasteiger partial charge in [-0.2, -0.15) is 0 Å². The molecule has 0 heterocycles. The Hall–Kier alpha value is -0.620. The molecule has 2 fully saturated rings. The van der Waals surface area contributed by atoms with Gasteiger partial charge < -0.3 is 5.11 Å². The fraction of sp³-hybridized carbons (Fsp3) is 0.571. The molecule has 2 aliphatic rings. The monoisotopic (exact) mass is 315 g/mol. The van der Waals surface area contributed by atoms with Crippen LogP contribution in [0.25, 0.3) is 0 Å². The molecule has 4 nitrogen and oxygen atoms in total. The molecule has 110 valence electrons. The van der Waals surface area contributed by atoms with Crippen LogP contribution in [0, 0.1) is 11.8 Å². The Balaban J connectivity index is 1.86. The molecule has 0 atom stereocenters. The lowest BCUT2D eigenvalue weighted by Gasteiger charge is -2.18. The average molecular weight is 316 g/mol. The van der Waals surface area contributed by atoms with Crippen LogP contribution < -0.4 is 4.72 Å². The number of nitrogens with one attached hydrogen (secondary N) is 1. The fourth-order valence-corrected chi connectivity index (χ4v) is 4.51. The second kappa shape index (κ2) is 5.30. The quantitative estimate of drug-likeness (QED) is 0.846. The van der Waals surface area contributed by atoms with Gasteiger partial charge in [0.1, 0.15) is 4.90 Å². The highest BCUT2D eigenvalue weighted by atomic mass is 35.5. The first kappa shape index (κ1) is 14.3. The summed E-state index contributed by atoms with van der Waals surface area (Å²) in [6.45, 7) is -0.200. The fourth-order valence-electron chi connectivity index (χ4n) is 2.58. The minimum atomic E-state index is -3.63. The molecule has 0 unspecified atom stereocenters. The lowest BCUT2D eigenvalue weighted by Crippen LogP contribution is -2.38. The van der Waals surface area contributed by atoms with Crippen LogP contribution in [0.15, 0.2) is 23.1 Å². The molecule has 0 amide bonds. The van der Waals surface area contributed by atoms with Crippen molar-refractivity contribution in [1.29, 1.82) is 0 Å². The van der Waals surface area contributed by atoms with E-state index in [1.165, 1.54) is 12.1 Å². The van der Waals surface area contributed by atoms with Crippen LogP contribution in [-0.4, -0.2) is 19.6 Å². The van der Waals surface area contributed by atoms with Crippen LogP contribution in [-0.2, 0) is 16.6 Å². The number of sulfonamides is 1. The third-order valence-corrected chi connectivity index (χ3v) is 5.96. The summed E-state index contributed by atoms with van der Waals surface area (Å²) in [4.78, 5) is 0.0667. The van der Waals surface area contributed by atoms with Crippen molar-refractivity contribution in [2.75, 3.05) is 0 Å². The number of halogens is 1. The first-order chi connectivity index (χ1) is 9.51. The van der Waals surface area contributed by atoms with Crippen LogP contribution in [0.5, 0.6) is 0 Å². The van der Waals surface area contributed by atoms with E-state index in [4.69, 9.17) is 16.7 Å². The second-order valence-electron chi connectivity index (χ2n) is 5.74. The van der Waals surface area contributed by atoms with E-state index in [0.717, 1.165) is 25.7 Å². The van der Waals surface area contributed by atoms with Gasteiger partial charge in [0.2, 0.25) is 10.0 Å². The summed E-state index contributed by atoms with van der Waals surface area (Å²) in [7, 11) is -3.63. The molecule has 2 aliphatic carbocycles. The van der Waals surface area contributed by atoms with E-state index in [-0.39, 0.29) is 22.6 Å². The molecule has 0 saturated heterocycles. The number of hydrogen-bond acceptors (Lipinski definition) is 3. The van der Waals surface area contributed by atoms with Gasteiger partial charge in [-0.25, -0.2) is 13.1 Å². The standard InChI is InChI=1S/C14H18ClNO3S/c15-12-6-1-9(8-17)7-13(12)20(18,19)16-14(10-2-3-10)11-4-5-11/h1,6-7,10-11,14,16-17H,2-5,8H2. The summed E-state index contributed by atoms with van der Waals surface area (Å²) in [5.41, 5.74) is 0.546. The highest BCUT2D eigenvalue weighted by molar-refractivity contribution is 7.89. The molecule has 0 spiro atoms. The Bertz CT molecular complexity index is 597. The molecule has 1 aromatic carbocycles. The number of hydrogen-bond donors (Lipinski definition) is 2. The molecule has 0 aliphatic heterocycles. The minimum Gasteiger partial charge on any atom is -0.392 e. The van der Waals surface area contributed by atoms with Gasteiger partial charge >= 0.3 is 0 Å². The van der Waals surface area contributed by atoms with Gasteiger partial charge in [-0.05, 0) is 55.2 Å². The molecular formula is C14H18ClNO3S. The predicted molar refractivity (Wildman–Crippen MR) is 76.9 cm³/mol. The number of aliphatic hydroxyl groups excluding tert-OH is 1. The van der Waals surface area contributed by atoms with Gasteiger partial charge in [0, 0.05) is 6.04 Å². The maximum Gasteiger partial charge on any atom is 0.242 e. The van der Waals surface area contributed by atoms with Crippen molar-refractivity contribution in [1.82, 2.24) is 4.72 Å². The zero-order valence-corrected chi connectivity index (χ0v) is 12.6. The van der Waals surface area contributed by atoms with E-state index < -0.39 is 10.0 Å². The molecule has 20 heavy (non-hydrogen) atoms. The van der Waals surface area contributed by atoms with E-state index >= 15 is 0 Å². The van der Waals surface area contributed by atoms with Gasteiger partial charge in [0.15, 0.2) is 0 Å². The van der Waals surface area contributed by atoms with Crippen LogP contribution in [0.1, 0.15) is 31.2 Å². The van der Waals surface area contributed by atoms with E-state index in [9.17, 15) is 8.42 Å². The number of benzene rings is 1. The Morgan fingerprint density at radius 1 is 1.25 bits per heavy atom. The Morgan fingerprint density at radius 2 is 1.85 bits per heavy atom. The summed E-state index contributed by atoms with van der Waals surface area (Å²) in [6.07, 6.45) is 4.42. The summed E-state index contributed by atoms with van der Waals surface area (Å²) in [5, 5.41) is 9.33. The average Bonchev–Trinajstić information content (AvgIpc) is 3.29. The van der Waals surface area contributed by atoms with Crippen molar-refractivity contribution < 1.29 is 13.5 Å².